The minimum absolute atomic E-state index is 0.572. The maximum Gasteiger partial charge on any atom is 0.0580 e. The van der Waals surface area contributed by atoms with Crippen molar-refractivity contribution in [3.05, 3.63) is 29.3 Å². The lowest BCUT2D eigenvalue weighted by molar-refractivity contribution is 1.40. The van der Waals surface area contributed by atoms with Crippen LogP contribution in [0.25, 0.3) is 10.1 Å². The van der Waals surface area contributed by atoms with E-state index >= 15 is 0 Å². The van der Waals surface area contributed by atoms with Gasteiger partial charge in [0.25, 0.3) is 0 Å². The Labute approximate surface area is 91.9 Å². The minimum atomic E-state index is 0.572. The number of rotatable bonds is 1. The molecule has 0 radical (unpaired) electrons. The Bertz CT molecular complexity index is 445. The summed E-state index contributed by atoms with van der Waals surface area (Å²) in [5.41, 5.74) is 2.46. The van der Waals surface area contributed by atoms with Gasteiger partial charge < -0.3 is 0 Å². The van der Waals surface area contributed by atoms with Gasteiger partial charge in [-0.15, -0.1) is 35.6 Å². The quantitative estimate of drug-likeness (QED) is 0.548. The predicted octanol–water partition coefficient (Wildman–Crippen LogP) is 4.24. The largest absolute Gasteiger partial charge is 0.133 e. The molecule has 0 aliphatic rings. The summed E-state index contributed by atoms with van der Waals surface area (Å²) < 4.78 is 2.33. The van der Waals surface area contributed by atoms with Gasteiger partial charge in [0.1, 0.15) is 0 Å². The van der Waals surface area contributed by atoms with Crippen molar-refractivity contribution in [1.82, 2.24) is 0 Å². The lowest BCUT2D eigenvalue weighted by atomic mass is 10.1. The van der Waals surface area contributed by atoms with Crippen LogP contribution in [0.1, 0.15) is 11.1 Å². The molecule has 0 aliphatic heterocycles. The van der Waals surface area contributed by atoms with Gasteiger partial charge in [0, 0.05) is 10.6 Å². The lowest BCUT2D eigenvalue weighted by Crippen LogP contribution is -1.80. The molecule has 0 spiro atoms. The van der Waals surface area contributed by atoms with Crippen LogP contribution in [0.5, 0.6) is 0 Å². The Kier molecular flexibility index (Phi) is 2.54. The second kappa shape index (κ2) is 3.52. The first-order valence-corrected chi connectivity index (χ1v) is 5.78. The van der Waals surface area contributed by atoms with E-state index < -0.39 is 0 Å². The van der Waals surface area contributed by atoms with Gasteiger partial charge in [-0.05, 0) is 35.6 Å². The summed E-state index contributed by atoms with van der Waals surface area (Å²) in [5.74, 6) is 0.572. The van der Waals surface area contributed by atoms with Gasteiger partial charge in [0.15, 0.2) is 0 Å². The van der Waals surface area contributed by atoms with Crippen molar-refractivity contribution in [2.24, 2.45) is 0 Å². The predicted molar refractivity (Wildman–Crippen MR) is 63.4 cm³/mol. The van der Waals surface area contributed by atoms with E-state index in [1.165, 1.54) is 21.2 Å². The number of alkyl halides is 1. The lowest BCUT2D eigenvalue weighted by Gasteiger charge is -1.99. The molecule has 0 nitrogen and oxygen atoms in total. The second-order valence-corrected chi connectivity index (χ2v) is 5.19. The van der Waals surface area contributed by atoms with E-state index in [4.69, 9.17) is 11.6 Å². The van der Waals surface area contributed by atoms with E-state index in [0.29, 0.717) is 5.88 Å². The molecule has 1 aromatic heterocycles. The van der Waals surface area contributed by atoms with Crippen LogP contribution in [0.2, 0.25) is 0 Å². The standard InChI is InChI=1S/C10H9ClS2/c1-6-2-7(5-11)8-4-10(12)13-9(8)3-6/h2-4,12H,5H2,1H3. The number of hydrogen-bond donors (Lipinski definition) is 1. The van der Waals surface area contributed by atoms with Gasteiger partial charge in [0.05, 0.1) is 4.21 Å². The van der Waals surface area contributed by atoms with Crippen LogP contribution in [-0.4, -0.2) is 0 Å². The number of aryl methyl sites for hydroxylation is 1. The van der Waals surface area contributed by atoms with Crippen molar-refractivity contribution in [3.63, 3.8) is 0 Å². The van der Waals surface area contributed by atoms with E-state index in [0.717, 1.165) is 4.21 Å². The number of benzene rings is 1. The van der Waals surface area contributed by atoms with Crippen LogP contribution < -0.4 is 0 Å². The average Bonchev–Trinajstić information content (AvgIpc) is 2.43. The first kappa shape index (κ1) is 9.38. The normalized spacial score (nSPS) is 11.0. The van der Waals surface area contributed by atoms with E-state index in [1.54, 1.807) is 11.3 Å². The molecule has 0 unspecified atom stereocenters. The first-order valence-electron chi connectivity index (χ1n) is 3.98. The molecule has 68 valence electrons. The van der Waals surface area contributed by atoms with Crippen molar-refractivity contribution in [1.29, 1.82) is 0 Å². The van der Waals surface area contributed by atoms with Crippen LogP contribution >= 0.6 is 35.6 Å². The molecule has 1 aromatic carbocycles. The van der Waals surface area contributed by atoms with Gasteiger partial charge in [-0.2, -0.15) is 0 Å². The summed E-state index contributed by atoms with van der Waals surface area (Å²) in [6.07, 6.45) is 0. The first-order chi connectivity index (χ1) is 6.20. The zero-order chi connectivity index (χ0) is 9.42. The molecule has 0 amide bonds. The van der Waals surface area contributed by atoms with Crippen molar-refractivity contribution in [2.45, 2.75) is 17.0 Å². The Morgan fingerprint density at radius 2 is 2.15 bits per heavy atom. The highest BCUT2D eigenvalue weighted by Crippen LogP contribution is 2.32. The number of fused-ring (bicyclic) bond motifs is 1. The van der Waals surface area contributed by atoms with Crippen molar-refractivity contribution < 1.29 is 0 Å². The summed E-state index contributed by atoms with van der Waals surface area (Å²) in [6, 6.07) is 6.39. The Balaban J connectivity index is 2.80. The van der Waals surface area contributed by atoms with Crippen molar-refractivity contribution in [3.8, 4) is 0 Å². The molecule has 0 fully saturated rings. The highest BCUT2D eigenvalue weighted by Gasteiger charge is 2.04. The number of thiol groups is 1. The molecule has 2 aromatic rings. The summed E-state index contributed by atoms with van der Waals surface area (Å²) in [5, 5.41) is 1.25. The van der Waals surface area contributed by atoms with Crippen LogP contribution in [0.3, 0.4) is 0 Å². The highest BCUT2D eigenvalue weighted by molar-refractivity contribution is 7.83. The second-order valence-electron chi connectivity index (χ2n) is 3.05. The molecule has 0 N–H and O–H groups in total. The Morgan fingerprint density at radius 3 is 2.85 bits per heavy atom. The van der Waals surface area contributed by atoms with E-state index in [1.807, 2.05) is 0 Å². The third kappa shape index (κ3) is 1.71. The number of halogens is 1. The monoisotopic (exact) mass is 228 g/mol. The maximum absolute atomic E-state index is 5.87. The Hall–Kier alpha value is -0.180. The zero-order valence-corrected chi connectivity index (χ0v) is 9.64. The van der Waals surface area contributed by atoms with Crippen LogP contribution in [-0.2, 0) is 5.88 Å². The van der Waals surface area contributed by atoms with Gasteiger partial charge >= 0.3 is 0 Å². The SMILES string of the molecule is Cc1cc(CCl)c2cc(S)sc2c1. The van der Waals surface area contributed by atoms with Gasteiger partial charge in [-0.1, -0.05) is 6.07 Å². The van der Waals surface area contributed by atoms with Gasteiger partial charge in [0.2, 0.25) is 0 Å². The topological polar surface area (TPSA) is 0 Å². The van der Waals surface area contributed by atoms with E-state index in [9.17, 15) is 0 Å². The third-order valence-corrected chi connectivity index (χ3v) is 3.57. The zero-order valence-electron chi connectivity index (χ0n) is 7.17. The molecule has 1 heterocycles. The molecule has 0 atom stereocenters. The number of thiophene rings is 1. The molecule has 0 bridgehead atoms. The summed E-state index contributed by atoms with van der Waals surface area (Å²) >= 11 is 11.9. The van der Waals surface area contributed by atoms with E-state index in [-0.39, 0.29) is 0 Å². The van der Waals surface area contributed by atoms with Gasteiger partial charge in [-0.25, -0.2) is 0 Å². The smallest absolute Gasteiger partial charge is 0.0580 e. The molecule has 0 aliphatic carbocycles. The third-order valence-electron chi connectivity index (χ3n) is 2.00. The van der Waals surface area contributed by atoms with Gasteiger partial charge in [-0.3, -0.25) is 0 Å². The Morgan fingerprint density at radius 1 is 1.38 bits per heavy atom. The van der Waals surface area contributed by atoms with Crippen molar-refractivity contribution in [2.75, 3.05) is 0 Å². The van der Waals surface area contributed by atoms with Crippen LogP contribution in [0, 0.1) is 6.92 Å². The minimum Gasteiger partial charge on any atom is -0.133 e. The average molecular weight is 229 g/mol. The molecule has 13 heavy (non-hydrogen) atoms. The summed E-state index contributed by atoms with van der Waals surface area (Å²) in [6.45, 7) is 2.09. The van der Waals surface area contributed by atoms with E-state index in [2.05, 4.69) is 37.8 Å². The van der Waals surface area contributed by atoms with Crippen molar-refractivity contribution >= 4 is 45.7 Å². The molecule has 0 saturated carbocycles. The van der Waals surface area contributed by atoms with Crippen LogP contribution in [0.4, 0.5) is 0 Å². The summed E-state index contributed by atoms with van der Waals surface area (Å²) in [4.78, 5) is 0. The maximum atomic E-state index is 5.87. The molecular formula is C10H9ClS2. The summed E-state index contributed by atoms with van der Waals surface area (Å²) in [7, 11) is 0. The van der Waals surface area contributed by atoms with Crippen LogP contribution in [0.15, 0.2) is 22.4 Å². The number of hydrogen-bond acceptors (Lipinski definition) is 2. The molecule has 0 saturated heterocycles. The fraction of sp³-hybridized carbons (Fsp3) is 0.200. The fourth-order valence-corrected chi connectivity index (χ4v) is 3.05. The molecule has 3 heteroatoms. The molecule has 2 rings (SSSR count). The fourth-order valence-electron chi connectivity index (χ4n) is 1.46. The molecular weight excluding hydrogens is 220 g/mol. The highest BCUT2D eigenvalue weighted by atomic mass is 35.5.